The van der Waals surface area contributed by atoms with Gasteiger partial charge in [0.25, 0.3) is 0 Å². The molecule has 150 valence electrons. The molecule has 29 heavy (non-hydrogen) atoms. The average Bonchev–Trinajstić information content (AvgIpc) is 2.74. The molecule has 0 saturated heterocycles. The summed E-state index contributed by atoms with van der Waals surface area (Å²) in [5, 5.41) is 2.96. The van der Waals surface area contributed by atoms with Gasteiger partial charge in [0.15, 0.2) is 11.5 Å². The molecular formula is C22H24N4O3. The molecule has 0 aliphatic heterocycles. The highest BCUT2D eigenvalue weighted by molar-refractivity contribution is 5.78. The first-order chi connectivity index (χ1) is 14.1. The Labute approximate surface area is 170 Å². The zero-order chi connectivity index (χ0) is 20.6. The van der Waals surface area contributed by atoms with E-state index in [1.807, 2.05) is 37.4 Å². The van der Waals surface area contributed by atoms with Crippen molar-refractivity contribution in [3.05, 3.63) is 66.0 Å². The summed E-state index contributed by atoms with van der Waals surface area (Å²) in [6.45, 7) is 2.34. The molecule has 0 unspecified atom stereocenters. The summed E-state index contributed by atoms with van der Waals surface area (Å²) in [5.74, 6) is 1.89. The topological polar surface area (TPSA) is 86.2 Å². The molecule has 2 aromatic heterocycles. The van der Waals surface area contributed by atoms with Gasteiger partial charge in [-0.05, 0) is 42.3 Å². The Hall–Kier alpha value is -3.48. The van der Waals surface area contributed by atoms with Gasteiger partial charge >= 0.3 is 0 Å². The molecule has 0 atom stereocenters. The Morgan fingerprint density at radius 2 is 1.83 bits per heavy atom. The number of aromatic nitrogens is 3. The van der Waals surface area contributed by atoms with E-state index >= 15 is 0 Å². The van der Waals surface area contributed by atoms with Crippen molar-refractivity contribution in [2.75, 3.05) is 20.8 Å². The summed E-state index contributed by atoms with van der Waals surface area (Å²) in [4.78, 5) is 25.3. The Morgan fingerprint density at radius 3 is 2.55 bits per heavy atom. The highest BCUT2D eigenvalue weighted by atomic mass is 16.5. The highest BCUT2D eigenvalue weighted by Gasteiger charge is 2.11. The van der Waals surface area contributed by atoms with Gasteiger partial charge in [0.1, 0.15) is 5.82 Å². The molecule has 0 aliphatic carbocycles. The van der Waals surface area contributed by atoms with Gasteiger partial charge in [0.2, 0.25) is 5.91 Å². The highest BCUT2D eigenvalue weighted by Crippen LogP contribution is 2.27. The predicted octanol–water partition coefficient (Wildman–Crippen LogP) is 2.77. The van der Waals surface area contributed by atoms with Crippen molar-refractivity contribution < 1.29 is 14.3 Å². The van der Waals surface area contributed by atoms with Gasteiger partial charge in [0, 0.05) is 37.1 Å². The number of aryl methyl sites for hydroxylation is 1. The second-order valence-corrected chi connectivity index (χ2v) is 6.48. The maximum Gasteiger partial charge on any atom is 0.224 e. The fourth-order valence-corrected chi connectivity index (χ4v) is 3.04. The molecule has 7 heteroatoms. The first kappa shape index (κ1) is 20.3. The lowest BCUT2D eigenvalue weighted by molar-refractivity contribution is -0.120. The third-order valence-electron chi connectivity index (χ3n) is 4.48. The molecule has 1 N–H and O–H groups in total. The number of benzene rings is 1. The SMILES string of the molecule is COc1ccc(CC(=O)NCCc2nc(C)ncc2-c2ccncc2)cc1OC. The fourth-order valence-electron chi connectivity index (χ4n) is 3.04. The minimum atomic E-state index is -0.0616. The predicted molar refractivity (Wildman–Crippen MR) is 110 cm³/mol. The number of carbonyl (C=O) groups excluding carboxylic acids is 1. The van der Waals surface area contributed by atoms with Crippen LogP contribution in [0, 0.1) is 6.92 Å². The first-order valence-corrected chi connectivity index (χ1v) is 9.31. The molecule has 1 amide bonds. The number of rotatable bonds is 8. The molecule has 0 radical (unpaired) electrons. The number of hydrogen-bond acceptors (Lipinski definition) is 6. The van der Waals surface area contributed by atoms with Crippen molar-refractivity contribution in [2.45, 2.75) is 19.8 Å². The van der Waals surface area contributed by atoms with Crippen LogP contribution in [0.2, 0.25) is 0 Å². The quantitative estimate of drug-likeness (QED) is 0.634. The Balaban J connectivity index is 1.62. The van der Waals surface area contributed by atoms with Gasteiger partial charge in [-0.2, -0.15) is 0 Å². The van der Waals surface area contributed by atoms with E-state index in [-0.39, 0.29) is 12.3 Å². The number of carbonyl (C=O) groups is 1. The minimum absolute atomic E-state index is 0.0616. The molecule has 3 rings (SSSR count). The molecule has 3 aromatic rings. The van der Waals surface area contributed by atoms with Crippen LogP contribution in [0.5, 0.6) is 11.5 Å². The smallest absolute Gasteiger partial charge is 0.224 e. The summed E-state index contributed by atoms with van der Waals surface area (Å²) in [7, 11) is 3.16. The van der Waals surface area contributed by atoms with E-state index in [1.165, 1.54) is 0 Å². The second-order valence-electron chi connectivity index (χ2n) is 6.48. The first-order valence-electron chi connectivity index (χ1n) is 9.31. The molecule has 0 bridgehead atoms. The van der Waals surface area contributed by atoms with E-state index in [1.54, 1.807) is 32.7 Å². The largest absolute Gasteiger partial charge is 0.493 e. The summed E-state index contributed by atoms with van der Waals surface area (Å²) < 4.78 is 10.5. The van der Waals surface area contributed by atoms with Crippen molar-refractivity contribution in [2.24, 2.45) is 0 Å². The number of ether oxygens (including phenoxy) is 2. The number of nitrogens with zero attached hydrogens (tertiary/aromatic N) is 3. The van der Waals surface area contributed by atoms with Gasteiger partial charge < -0.3 is 14.8 Å². The zero-order valence-corrected chi connectivity index (χ0v) is 16.8. The van der Waals surface area contributed by atoms with Crippen LogP contribution < -0.4 is 14.8 Å². The van der Waals surface area contributed by atoms with E-state index in [9.17, 15) is 4.79 Å². The van der Waals surface area contributed by atoms with Gasteiger partial charge in [0.05, 0.1) is 26.3 Å². The fraction of sp³-hybridized carbons (Fsp3) is 0.273. The molecule has 0 spiro atoms. The number of amides is 1. The van der Waals surface area contributed by atoms with E-state index in [2.05, 4.69) is 20.3 Å². The van der Waals surface area contributed by atoms with Gasteiger partial charge in [-0.1, -0.05) is 6.07 Å². The second kappa shape index (κ2) is 9.64. The van der Waals surface area contributed by atoms with Crippen LogP contribution in [0.4, 0.5) is 0 Å². The van der Waals surface area contributed by atoms with Crippen molar-refractivity contribution in [3.63, 3.8) is 0 Å². The molecule has 0 saturated carbocycles. The maximum absolute atomic E-state index is 12.4. The van der Waals surface area contributed by atoms with Crippen LogP contribution >= 0.6 is 0 Å². The minimum Gasteiger partial charge on any atom is -0.493 e. The Kier molecular flexibility index (Phi) is 6.73. The van der Waals surface area contributed by atoms with Crippen molar-refractivity contribution in [3.8, 4) is 22.6 Å². The molecule has 1 aromatic carbocycles. The summed E-state index contributed by atoms with van der Waals surface area (Å²) in [5.41, 5.74) is 3.71. The summed E-state index contributed by atoms with van der Waals surface area (Å²) in [6.07, 6.45) is 6.17. The van der Waals surface area contributed by atoms with Crippen LogP contribution in [-0.2, 0) is 17.6 Å². The van der Waals surface area contributed by atoms with Crippen LogP contribution in [0.1, 0.15) is 17.1 Å². The van der Waals surface area contributed by atoms with Crippen molar-refractivity contribution in [1.82, 2.24) is 20.3 Å². The molecule has 7 nitrogen and oxygen atoms in total. The lowest BCUT2D eigenvalue weighted by atomic mass is 10.1. The van der Waals surface area contributed by atoms with Crippen molar-refractivity contribution >= 4 is 5.91 Å². The van der Waals surface area contributed by atoms with Crippen LogP contribution in [0.25, 0.3) is 11.1 Å². The average molecular weight is 392 g/mol. The van der Waals surface area contributed by atoms with Crippen molar-refractivity contribution in [1.29, 1.82) is 0 Å². The van der Waals surface area contributed by atoms with Gasteiger partial charge in [-0.15, -0.1) is 0 Å². The monoisotopic (exact) mass is 392 g/mol. The van der Waals surface area contributed by atoms with Crippen LogP contribution in [-0.4, -0.2) is 41.6 Å². The summed E-state index contributed by atoms with van der Waals surface area (Å²) >= 11 is 0. The molecule has 2 heterocycles. The maximum atomic E-state index is 12.4. The standard InChI is InChI=1S/C22H24N4O3/c1-15-25-14-18(17-6-9-23-10-7-17)19(26-15)8-11-24-22(27)13-16-4-5-20(28-2)21(12-16)29-3/h4-7,9-10,12,14H,8,11,13H2,1-3H3,(H,24,27). The van der Waals surface area contributed by atoms with Crippen LogP contribution in [0.15, 0.2) is 48.9 Å². The Bertz CT molecular complexity index is 977. The molecular weight excluding hydrogens is 368 g/mol. The third kappa shape index (κ3) is 5.28. The number of hydrogen-bond donors (Lipinski definition) is 1. The van der Waals surface area contributed by atoms with E-state index in [4.69, 9.17) is 9.47 Å². The molecule has 0 aliphatic rings. The van der Waals surface area contributed by atoms with Gasteiger partial charge in [-0.3, -0.25) is 9.78 Å². The number of nitrogens with one attached hydrogen (secondary N) is 1. The lowest BCUT2D eigenvalue weighted by Gasteiger charge is -2.11. The normalized spacial score (nSPS) is 10.4. The van der Waals surface area contributed by atoms with E-state index in [0.29, 0.717) is 30.3 Å². The summed E-state index contributed by atoms with van der Waals surface area (Å²) in [6, 6.07) is 9.32. The number of methoxy groups -OCH3 is 2. The van der Waals surface area contributed by atoms with Gasteiger partial charge in [-0.25, -0.2) is 9.97 Å². The van der Waals surface area contributed by atoms with E-state index in [0.717, 1.165) is 22.4 Å². The number of pyridine rings is 1. The zero-order valence-electron chi connectivity index (χ0n) is 16.8. The Morgan fingerprint density at radius 1 is 1.07 bits per heavy atom. The van der Waals surface area contributed by atoms with Crippen LogP contribution in [0.3, 0.4) is 0 Å². The van der Waals surface area contributed by atoms with E-state index < -0.39 is 0 Å². The molecule has 0 fully saturated rings. The third-order valence-corrected chi connectivity index (χ3v) is 4.48. The lowest BCUT2D eigenvalue weighted by Crippen LogP contribution is -2.27.